The fourth-order valence-corrected chi connectivity index (χ4v) is 2.97. The van der Waals surface area contributed by atoms with E-state index in [2.05, 4.69) is 4.79 Å². The van der Waals surface area contributed by atoms with Crippen molar-refractivity contribution >= 4 is 17.5 Å². The molecule has 0 atom stereocenters. The van der Waals surface area contributed by atoms with Gasteiger partial charge in [-0.25, -0.2) is 0 Å². The van der Waals surface area contributed by atoms with Crippen LogP contribution in [0.3, 0.4) is 0 Å². The van der Waals surface area contributed by atoms with Gasteiger partial charge in [-0.3, -0.25) is 0 Å². The van der Waals surface area contributed by atoms with E-state index < -0.39 is 0 Å². The Morgan fingerprint density at radius 2 is 1.90 bits per heavy atom. The van der Waals surface area contributed by atoms with E-state index in [9.17, 15) is 0 Å². The molecule has 4 nitrogen and oxygen atoms in total. The summed E-state index contributed by atoms with van der Waals surface area (Å²) >= 11 is 1.50. The van der Waals surface area contributed by atoms with Crippen LogP contribution < -0.4 is 9.47 Å². The minimum absolute atomic E-state index is 0. The van der Waals surface area contributed by atoms with Crippen molar-refractivity contribution < 1.29 is 33.7 Å². The molecule has 0 N–H and O–H groups in total. The summed E-state index contributed by atoms with van der Waals surface area (Å²) in [6, 6.07) is 3.88. The summed E-state index contributed by atoms with van der Waals surface area (Å²) in [4.78, 5) is 5.18. The smallest absolute Gasteiger partial charge is 0.309 e. The number of rotatable bonds is 4. The summed E-state index contributed by atoms with van der Waals surface area (Å²) in [5.74, 6) is 1.59. The molecule has 1 aromatic rings. The van der Waals surface area contributed by atoms with Crippen LogP contribution in [-0.4, -0.2) is 24.7 Å². The number of allylic oxidation sites excluding steroid dienone is 4. The molecular weight excluding hydrogens is 338 g/mol. The summed E-state index contributed by atoms with van der Waals surface area (Å²) in [6.45, 7) is 1.97. The van der Waals surface area contributed by atoms with Gasteiger partial charge in [0.05, 0.1) is 30.4 Å². The van der Waals surface area contributed by atoms with Crippen molar-refractivity contribution in [2.75, 3.05) is 14.2 Å². The fraction of sp³-hybridized carbons (Fsp3) is 0.267. The van der Waals surface area contributed by atoms with Crippen molar-refractivity contribution in [1.82, 2.24) is 0 Å². The summed E-state index contributed by atoms with van der Waals surface area (Å²) < 4.78 is 10.8. The molecule has 0 aliphatic heterocycles. The van der Waals surface area contributed by atoms with E-state index in [1.54, 1.807) is 14.2 Å². The maximum absolute atomic E-state index is 9.05. The molecule has 0 amide bonds. The van der Waals surface area contributed by atoms with E-state index >= 15 is 0 Å². The zero-order chi connectivity index (χ0) is 14.5. The first-order valence-corrected chi connectivity index (χ1v) is 6.99. The van der Waals surface area contributed by atoms with E-state index in [1.165, 1.54) is 11.8 Å². The Hall–Kier alpha value is -1.35. The van der Waals surface area contributed by atoms with Crippen LogP contribution in [0.5, 0.6) is 11.5 Å². The van der Waals surface area contributed by atoms with Crippen LogP contribution >= 0.6 is 11.8 Å². The van der Waals surface area contributed by atoms with Gasteiger partial charge in [0.25, 0.3) is 0 Å². The maximum Gasteiger partial charge on any atom is 0.309 e. The molecule has 2 rings (SSSR count). The third kappa shape index (κ3) is 4.07. The van der Waals surface area contributed by atoms with Crippen molar-refractivity contribution in [3.63, 3.8) is 0 Å². The number of thioether (sulfide) groups is 1. The molecule has 0 spiro atoms. The van der Waals surface area contributed by atoms with Crippen molar-refractivity contribution in [1.29, 1.82) is 0 Å². The summed E-state index contributed by atoms with van der Waals surface area (Å²) in [5.41, 5.74) is 10.7. The molecule has 106 valence electrons. The van der Waals surface area contributed by atoms with Crippen molar-refractivity contribution in [2.45, 2.75) is 18.2 Å². The number of nitrogens with zero attached hydrogens (tertiary/aromatic N) is 2. The van der Waals surface area contributed by atoms with Gasteiger partial charge < -0.3 is 15.0 Å². The largest absolute Gasteiger partial charge is 0.496 e. The second kappa shape index (κ2) is 8.18. The minimum Gasteiger partial charge on any atom is -0.496 e. The van der Waals surface area contributed by atoms with Crippen LogP contribution in [0.15, 0.2) is 40.2 Å². The SMILES string of the molecule is COc1cc(SC2=CC=CCC2=[N+]=[N-])c(OC)cc1C.[Zn]. The van der Waals surface area contributed by atoms with Crippen molar-refractivity contribution in [3.8, 4) is 11.5 Å². The normalized spacial score (nSPS) is 13.1. The molecule has 1 aliphatic carbocycles. The first kappa shape index (κ1) is 17.7. The van der Waals surface area contributed by atoms with E-state index in [0.29, 0.717) is 12.1 Å². The topological polar surface area (TPSA) is 54.9 Å². The molecule has 0 saturated heterocycles. The predicted molar refractivity (Wildman–Crippen MR) is 80.6 cm³/mol. The average molecular weight is 354 g/mol. The predicted octanol–water partition coefficient (Wildman–Crippen LogP) is 3.62. The molecule has 0 radical (unpaired) electrons. The third-order valence-corrected chi connectivity index (χ3v) is 4.13. The quantitative estimate of drug-likeness (QED) is 0.472. The van der Waals surface area contributed by atoms with E-state index in [1.807, 2.05) is 37.3 Å². The van der Waals surface area contributed by atoms with Gasteiger partial charge in [-0.1, -0.05) is 23.9 Å². The third-order valence-electron chi connectivity index (χ3n) is 3.00. The average Bonchev–Trinajstić information content (AvgIpc) is 2.49. The first-order valence-electron chi connectivity index (χ1n) is 6.18. The Morgan fingerprint density at radius 3 is 2.52 bits per heavy atom. The maximum atomic E-state index is 9.05. The number of hydrogen-bond donors (Lipinski definition) is 0. The number of benzene rings is 1. The van der Waals surface area contributed by atoms with Gasteiger partial charge in [0.1, 0.15) is 11.5 Å². The molecule has 1 aromatic carbocycles. The van der Waals surface area contributed by atoms with Crippen LogP contribution in [-0.2, 0) is 19.5 Å². The van der Waals surface area contributed by atoms with Crippen LogP contribution in [0.4, 0.5) is 0 Å². The zero-order valence-corrected chi connectivity index (χ0v) is 16.2. The van der Waals surface area contributed by atoms with E-state index in [4.69, 9.17) is 15.0 Å². The molecule has 0 fully saturated rings. The van der Waals surface area contributed by atoms with Gasteiger partial charge in [0.15, 0.2) is 0 Å². The van der Waals surface area contributed by atoms with Gasteiger partial charge in [-0.2, -0.15) is 4.79 Å². The monoisotopic (exact) mass is 352 g/mol. The minimum atomic E-state index is 0. The van der Waals surface area contributed by atoms with E-state index in [-0.39, 0.29) is 19.5 Å². The number of hydrogen-bond acceptors (Lipinski definition) is 3. The van der Waals surface area contributed by atoms with Gasteiger partial charge in [0, 0.05) is 19.5 Å². The van der Waals surface area contributed by atoms with Crippen LogP contribution in [0.2, 0.25) is 0 Å². The number of methoxy groups -OCH3 is 2. The molecule has 1 aliphatic rings. The Labute approximate surface area is 141 Å². The first-order chi connectivity index (χ1) is 9.69. The van der Waals surface area contributed by atoms with Crippen molar-refractivity contribution in [2.24, 2.45) is 0 Å². The molecule has 6 heteroatoms. The Kier molecular flexibility index (Phi) is 6.90. The van der Waals surface area contributed by atoms with Crippen molar-refractivity contribution in [3.05, 3.63) is 46.4 Å². The van der Waals surface area contributed by atoms with Crippen LogP contribution in [0.25, 0.3) is 5.53 Å². The van der Waals surface area contributed by atoms with Crippen LogP contribution in [0, 0.1) is 6.92 Å². The Morgan fingerprint density at radius 1 is 1.19 bits per heavy atom. The molecule has 0 saturated carbocycles. The molecule has 0 aromatic heterocycles. The number of aryl methyl sites for hydroxylation is 1. The fourth-order valence-electron chi connectivity index (χ4n) is 1.94. The van der Waals surface area contributed by atoms with Gasteiger partial charge in [-0.05, 0) is 30.7 Å². The zero-order valence-electron chi connectivity index (χ0n) is 12.4. The second-order valence-electron chi connectivity index (χ2n) is 4.28. The Balaban J connectivity index is 0.00000220. The molecule has 0 bridgehead atoms. The summed E-state index contributed by atoms with van der Waals surface area (Å²) in [5, 5.41) is 0. The summed E-state index contributed by atoms with van der Waals surface area (Å²) in [7, 11) is 3.29. The van der Waals surface area contributed by atoms with Crippen LogP contribution in [0.1, 0.15) is 12.0 Å². The van der Waals surface area contributed by atoms with E-state index in [0.717, 1.165) is 26.9 Å². The van der Waals surface area contributed by atoms with Gasteiger partial charge in [0.2, 0.25) is 0 Å². The molecular formula is C15H16N2O2SZn. The van der Waals surface area contributed by atoms with Gasteiger partial charge in [-0.15, -0.1) is 0 Å². The second-order valence-corrected chi connectivity index (χ2v) is 5.37. The molecule has 21 heavy (non-hydrogen) atoms. The summed E-state index contributed by atoms with van der Waals surface area (Å²) in [6.07, 6.45) is 6.45. The molecule has 0 unspecified atom stereocenters. The number of ether oxygens (including phenoxy) is 2. The Bertz CT molecular complexity index is 635. The van der Waals surface area contributed by atoms with Gasteiger partial charge >= 0.3 is 5.71 Å². The standard InChI is InChI=1S/C15H16N2O2S.Zn/c1-10-8-13(19-3)15(9-12(10)18-2)20-14-7-5-4-6-11(14)17-16;/h4-5,7-9H,6H2,1-3H3;. The molecule has 0 heterocycles.